The topological polar surface area (TPSA) is 60.1 Å². The summed E-state index contributed by atoms with van der Waals surface area (Å²) in [6, 6.07) is 3.24. The first-order chi connectivity index (χ1) is 9.30. The number of aryl methyl sites for hydroxylation is 1. The van der Waals surface area contributed by atoms with Crippen LogP contribution in [0.15, 0.2) is 22.8 Å². The van der Waals surface area contributed by atoms with Crippen molar-refractivity contribution in [3.05, 3.63) is 41.1 Å². The van der Waals surface area contributed by atoms with Gasteiger partial charge in [-0.2, -0.15) is 18.3 Å². The fourth-order valence-electron chi connectivity index (χ4n) is 1.75. The molecule has 1 N–H and O–H groups in total. The molecule has 0 saturated carbocycles. The smallest absolute Gasteiger partial charge is 0.435 e. The highest BCUT2D eigenvalue weighted by Gasteiger charge is 2.40. The van der Waals surface area contributed by atoms with E-state index < -0.39 is 23.3 Å². The second-order valence-corrected chi connectivity index (χ2v) is 4.19. The van der Waals surface area contributed by atoms with Gasteiger partial charge in [0.15, 0.2) is 5.69 Å². The highest BCUT2D eigenvalue weighted by atomic mass is 19.4. The first-order valence-corrected chi connectivity index (χ1v) is 5.72. The van der Waals surface area contributed by atoms with Gasteiger partial charge < -0.3 is 9.73 Å². The third-order valence-corrected chi connectivity index (χ3v) is 2.83. The van der Waals surface area contributed by atoms with Crippen LogP contribution < -0.4 is 5.32 Å². The van der Waals surface area contributed by atoms with Gasteiger partial charge in [-0.15, -0.1) is 0 Å². The predicted octanol–water partition coefficient (Wildman–Crippen LogP) is 2.27. The van der Waals surface area contributed by atoms with Crippen LogP contribution in [-0.4, -0.2) is 15.7 Å². The van der Waals surface area contributed by atoms with Gasteiger partial charge in [0.25, 0.3) is 5.91 Å². The van der Waals surface area contributed by atoms with Crippen LogP contribution in [0.3, 0.4) is 0 Å². The molecule has 2 heterocycles. The Hall–Kier alpha value is -2.25. The number of rotatable bonds is 3. The number of halogens is 3. The van der Waals surface area contributed by atoms with Crippen LogP contribution in [0.2, 0.25) is 0 Å². The molecule has 2 aromatic heterocycles. The van der Waals surface area contributed by atoms with Crippen molar-refractivity contribution < 1.29 is 22.4 Å². The summed E-state index contributed by atoms with van der Waals surface area (Å²) in [5.74, 6) is -0.382. The molecule has 0 spiro atoms. The van der Waals surface area contributed by atoms with E-state index in [0.29, 0.717) is 5.76 Å². The minimum Gasteiger partial charge on any atom is -0.467 e. The summed E-state index contributed by atoms with van der Waals surface area (Å²) >= 11 is 0. The molecule has 0 atom stereocenters. The zero-order chi connectivity index (χ0) is 14.9. The molecule has 0 saturated heterocycles. The molecule has 0 bridgehead atoms. The van der Waals surface area contributed by atoms with Crippen LogP contribution in [0.25, 0.3) is 0 Å². The molecule has 8 heteroatoms. The van der Waals surface area contributed by atoms with E-state index in [2.05, 4.69) is 10.4 Å². The van der Waals surface area contributed by atoms with Gasteiger partial charge in [-0.1, -0.05) is 0 Å². The van der Waals surface area contributed by atoms with Crippen LogP contribution >= 0.6 is 0 Å². The van der Waals surface area contributed by atoms with E-state index in [0.717, 1.165) is 4.68 Å². The summed E-state index contributed by atoms with van der Waals surface area (Å²) in [7, 11) is 1.36. The zero-order valence-electron chi connectivity index (χ0n) is 10.8. The van der Waals surface area contributed by atoms with Gasteiger partial charge in [0.05, 0.1) is 18.4 Å². The van der Waals surface area contributed by atoms with Crippen molar-refractivity contribution in [1.82, 2.24) is 15.1 Å². The minimum absolute atomic E-state index is 0.0114. The lowest BCUT2D eigenvalue weighted by molar-refractivity contribution is -0.141. The van der Waals surface area contributed by atoms with Crippen LogP contribution in [0.5, 0.6) is 0 Å². The number of furan rings is 1. The van der Waals surface area contributed by atoms with Crippen LogP contribution in [0.4, 0.5) is 13.2 Å². The van der Waals surface area contributed by atoms with Gasteiger partial charge in [-0.05, 0) is 19.1 Å². The molecule has 0 radical (unpaired) electrons. The number of hydrogen-bond acceptors (Lipinski definition) is 3. The number of carbonyl (C=O) groups is 1. The number of alkyl halides is 3. The molecular formula is C12H12F3N3O2. The van der Waals surface area contributed by atoms with Gasteiger partial charge in [-0.3, -0.25) is 9.48 Å². The van der Waals surface area contributed by atoms with E-state index in [-0.39, 0.29) is 12.2 Å². The van der Waals surface area contributed by atoms with E-state index in [9.17, 15) is 18.0 Å². The maximum Gasteiger partial charge on any atom is 0.435 e. The van der Waals surface area contributed by atoms with Crippen molar-refractivity contribution >= 4 is 5.91 Å². The predicted molar refractivity (Wildman–Crippen MR) is 62.8 cm³/mol. The first-order valence-electron chi connectivity index (χ1n) is 5.72. The molecule has 0 unspecified atom stereocenters. The van der Waals surface area contributed by atoms with E-state index in [1.54, 1.807) is 12.1 Å². The molecule has 0 aliphatic heterocycles. The summed E-state index contributed by atoms with van der Waals surface area (Å²) in [6.45, 7) is 1.42. The number of aromatic nitrogens is 2. The zero-order valence-corrected chi connectivity index (χ0v) is 10.8. The summed E-state index contributed by atoms with van der Waals surface area (Å²) in [4.78, 5) is 11.9. The van der Waals surface area contributed by atoms with Gasteiger partial charge in [0, 0.05) is 12.7 Å². The molecule has 2 rings (SSSR count). The highest BCUT2D eigenvalue weighted by Crippen LogP contribution is 2.32. The van der Waals surface area contributed by atoms with Gasteiger partial charge in [0.2, 0.25) is 0 Å². The van der Waals surface area contributed by atoms with Crippen molar-refractivity contribution in [2.24, 2.45) is 7.05 Å². The van der Waals surface area contributed by atoms with Crippen molar-refractivity contribution in [3.8, 4) is 0 Å². The average molecular weight is 287 g/mol. The highest BCUT2D eigenvalue weighted by molar-refractivity contribution is 5.96. The Balaban J connectivity index is 2.25. The number of carbonyl (C=O) groups excluding carboxylic acids is 1. The third kappa shape index (κ3) is 2.68. The number of nitrogens with zero attached hydrogens (tertiary/aromatic N) is 2. The molecule has 1 amide bonds. The Labute approximate surface area is 112 Å². The third-order valence-electron chi connectivity index (χ3n) is 2.83. The average Bonchev–Trinajstić information content (AvgIpc) is 2.95. The van der Waals surface area contributed by atoms with E-state index in [4.69, 9.17) is 4.42 Å². The summed E-state index contributed by atoms with van der Waals surface area (Å²) < 4.78 is 44.6. The maximum absolute atomic E-state index is 12.8. The molecule has 108 valence electrons. The fourth-order valence-corrected chi connectivity index (χ4v) is 1.75. The molecule has 0 aliphatic rings. The molecule has 20 heavy (non-hydrogen) atoms. The molecular weight excluding hydrogens is 275 g/mol. The number of nitrogens with one attached hydrogen (secondary N) is 1. The lowest BCUT2D eigenvalue weighted by Crippen LogP contribution is -2.25. The van der Waals surface area contributed by atoms with Gasteiger partial charge in [0.1, 0.15) is 5.76 Å². The minimum atomic E-state index is -4.68. The first kappa shape index (κ1) is 14.2. The van der Waals surface area contributed by atoms with E-state index in [1.807, 2.05) is 0 Å². The van der Waals surface area contributed by atoms with Gasteiger partial charge >= 0.3 is 6.18 Å². The van der Waals surface area contributed by atoms with Crippen LogP contribution in [0.1, 0.15) is 27.5 Å². The molecule has 5 nitrogen and oxygen atoms in total. The molecule has 2 aromatic rings. The fraction of sp³-hybridized carbons (Fsp3) is 0.333. The van der Waals surface area contributed by atoms with Crippen molar-refractivity contribution in [2.75, 3.05) is 0 Å². The Bertz CT molecular complexity index is 615. The molecule has 0 aromatic carbocycles. The summed E-state index contributed by atoms with van der Waals surface area (Å²) in [5, 5.41) is 5.74. The molecule has 0 fully saturated rings. The quantitative estimate of drug-likeness (QED) is 0.942. The normalized spacial score (nSPS) is 11.7. The SMILES string of the molecule is Cc1c(C(=O)NCc2ccco2)c(C(F)(F)F)nn1C. The molecule has 0 aliphatic carbocycles. The van der Waals surface area contributed by atoms with E-state index >= 15 is 0 Å². The maximum atomic E-state index is 12.8. The van der Waals surface area contributed by atoms with Crippen LogP contribution in [0, 0.1) is 6.92 Å². The Morgan fingerprint density at radius 3 is 2.75 bits per heavy atom. The Morgan fingerprint density at radius 2 is 2.20 bits per heavy atom. The summed E-state index contributed by atoms with van der Waals surface area (Å²) in [6.07, 6.45) is -3.26. The van der Waals surface area contributed by atoms with Crippen LogP contribution in [-0.2, 0) is 19.8 Å². The standard InChI is InChI=1S/C12H12F3N3O2/c1-7-9(10(12(13,14)15)17-18(7)2)11(19)16-6-8-4-3-5-20-8/h3-5H,6H2,1-2H3,(H,16,19). The Kier molecular flexibility index (Phi) is 3.56. The Morgan fingerprint density at radius 1 is 1.50 bits per heavy atom. The van der Waals surface area contributed by atoms with Gasteiger partial charge in [-0.25, -0.2) is 0 Å². The lowest BCUT2D eigenvalue weighted by atomic mass is 10.1. The number of amides is 1. The van der Waals surface area contributed by atoms with E-state index in [1.165, 1.54) is 20.2 Å². The van der Waals surface area contributed by atoms with Crippen molar-refractivity contribution in [2.45, 2.75) is 19.6 Å². The van der Waals surface area contributed by atoms with Crippen molar-refractivity contribution in [1.29, 1.82) is 0 Å². The van der Waals surface area contributed by atoms with Crippen molar-refractivity contribution in [3.63, 3.8) is 0 Å². The summed E-state index contributed by atoms with van der Waals surface area (Å²) in [5.41, 5.74) is -1.50. The lowest BCUT2D eigenvalue weighted by Gasteiger charge is -2.07. The monoisotopic (exact) mass is 287 g/mol. The largest absolute Gasteiger partial charge is 0.467 e. The second-order valence-electron chi connectivity index (χ2n) is 4.19. The second kappa shape index (κ2) is 5.03. The number of hydrogen-bond donors (Lipinski definition) is 1.